The van der Waals surface area contributed by atoms with E-state index in [4.69, 9.17) is 0 Å². The molecule has 2 heterocycles. The van der Waals surface area contributed by atoms with Crippen molar-refractivity contribution in [2.24, 2.45) is 0 Å². The zero-order valence-corrected chi connectivity index (χ0v) is 33.2. The van der Waals surface area contributed by atoms with Gasteiger partial charge in [0.25, 0.3) is 0 Å². The third-order valence-corrected chi connectivity index (χ3v) is 11.6. The maximum Gasteiger partial charge on any atom is 0.0346 e. The van der Waals surface area contributed by atoms with Gasteiger partial charge in [0.05, 0.1) is 0 Å². The number of benzene rings is 7. The second kappa shape index (κ2) is 16.7. The van der Waals surface area contributed by atoms with Crippen molar-refractivity contribution in [1.82, 2.24) is 9.97 Å². The molecule has 0 saturated carbocycles. The third-order valence-electron chi connectivity index (χ3n) is 11.6. The Labute approximate surface area is 352 Å². The predicted molar refractivity (Wildman–Crippen MR) is 251 cm³/mol. The minimum Gasteiger partial charge on any atom is -0.264 e. The summed E-state index contributed by atoms with van der Waals surface area (Å²) in [7, 11) is 0. The average Bonchev–Trinajstić information content (AvgIpc) is 3.35. The molecule has 1 atom stereocenters. The Bertz CT molecular complexity index is 3000. The molecular weight excluding hydrogens is 725 g/mol. The smallest absolute Gasteiger partial charge is 0.0346 e. The zero-order chi connectivity index (χ0) is 40.1. The molecule has 2 nitrogen and oxygen atoms in total. The summed E-state index contributed by atoms with van der Waals surface area (Å²) in [4.78, 5) is 8.68. The van der Waals surface area contributed by atoms with Gasteiger partial charge in [0.15, 0.2) is 0 Å². The molecule has 1 aliphatic carbocycles. The average molecular weight is 767 g/mol. The molecule has 10 rings (SSSR count). The normalized spacial score (nSPS) is 13.5. The first kappa shape index (κ1) is 36.6. The van der Waals surface area contributed by atoms with Gasteiger partial charge < -0.3 is 0 Å². The van der Waals surface area contributed by atoms with Crippen LogP contribution in [0.25, 0.3) is 83.5 Å². The van der Waals surface area contributed by atoms with Gasteiger partial charge in [-0.15, -0.1) is 0 Å². The summed E-state index contributed by atoms with van der Waals surface area (Å²) in [5, 5.41) is 0. The van der Waals surface area contributed by atoms with Gasteiger partial charge in [0.1, 0.15) is 0 Å². The topological polar surface area (TPSA) is 25.8 Å². The monoisotopic (exact) mass is 766 g/mol. The largest absolute Gasteiger partial charge is 0.264 e. The fraction of sp³-hybridized carbons (Fsp3) is 0.0345. The fourth-order valence-corrected chi connectivity index (χ4v) is 8.43. The molecule has 60 heavy (non-hydrogen) atoms. The second-order valence-corrected chi connectivity index (χ2v) is 15.5. The summed E-state index contributed by atoms with van der Waals surface area (Å²) in [6.07, 6.45) is 15.3. The van der Waals surface area contributed by atoms with E-state index in [-0.39, 0.29) is 0 Å². The minimum atomic E-state index is 0.295. The van der Waals surface area contributed by atoms with E-state index in [1.54, 1.807) is 0 Å². The molecule has 2 heteroatoms. The first-order valence-corrected chi connectivity index (χ1v) is 20.6. The number of nitrogens with zero attached hydrogens (tertiary/aromatic N) is 2. The highest BCUT2D eigenvalue weighted by atomic mass is 14.6. The second-order valence-electron chi connectivity index (χ2n) is 15.5. The van der Waals surface area contributed by atoms with E-state index in [0.717, 1.165) is 23.1 Å². The molecule has 0 fully saturated rings. The van der Waals surface area contributed by atoms with Crippen molar-refractivity contribution in [2.75, 3.05) is 0 Å². The maximum atomic E-state index is 4.35. The molecule has 0 saturated heterocycles. The molecule has 0 amide bonds. The highest BCUT2D eigenvalue weighted by molar-refractivity contribution is 5.85. The van der Waals surface area contributed by atoms with Crippen LogP contribution in [0.1, 0.15) is 23.5 Å². The van der Waals surface area contributed by atoms with E-state index in [0.29, 0.717) is 5.92 Å². The van der Waals surface area contributed by atoms with Gasteiger partial charge in [0.2, 0.25) is 0 Å². The predicted octanol–water partition coefficient (Wildman–Crippen LogP) is 15.3. The molecule has 2 aromatic heterocycles. The van der Waals surface area contributed by atoms with Crippen molar-refractivity contribution in [3.8, 4) is 77.9 Å². The Morgan fingerprint density at radius 1 is 0.317 bits per heavy atom. The minimum absolute atomic E-state index is 0.295. The van der Waals surface area contributed by atoms with Crippen LogP contribution in [-0.4, -0.2) is 9.97 Å². The van der Waals surface area contributed by atoms with Crippen LogP contribution < -0.4 is 0 Å². The lowest BCUT2D eigenvalue weighted by Gasteiger charge is -2.20. The van der Waals surface area contributed by atoms with Crippen molar-refractivity contribution < 1.29 is 0 Å². The van der Waals surface area contributed by atoms with Crippen molar-refractivity contribution >= 4 is 5.57 Å². The Kier molecular flexibility index (Phi) is 10.2. The highest BCUT2D eigenvalue weighted by Gasteiger charge is 2.17. The first-order chi connectivity index (χ1) is 29.7. The van der Waals surface area contributed by atoms with Crippen LogP contribution in [-0.2, 0) is 0 Å². The molecule has 1 aliphatic rings. The van der Waals surface area contributed by atoms with E-state index in [1.165, 1.54) is 77.9 Å². The molecule has 0 spiro atoms. The van der Waals surface area contributed by atoms with Crippen molar-refractivity contribution in [1.29, 1.82) is 0 Å². The number of hydrogen-bond acceptors (Lipinski definition) is 2. The zero-order valence-electron chi connectivity index (χ0n) is 33.2. The molecule has 284 valence electrons. The molecule has 1 unspecified atom stereocenters. The van der Waals surface area contributed by atoms with Gasteiger partial charge in [-0.2, -0.15) is 0 Å². The lowest BCUT2D eigenvalue weighted by atomic mass is 9.84. The van der Waals surface area contributed by atoms with E-state index >= 15 is 0 Å². The van der Waals surface area contributed by atoms with Crippen LogP contribution >= 0.6 is 0 Å². The lowest BCUT2D eigenvalue weighted by Crippen LogP contribution is -2.01. The Hall–Kier alpha value is -7.68. The van der Waals surface area contributed by atoms with E-state index < -0.39 is 0 Å². The van der Waals surface area contributed by atoms with Crippen LogP contribution in [0.4, 0.5) is 0 Å². The molecule has 0 aliphatic heterocycles. The summed E-state index contributed by atoms with van der Waals surface area (Å²) < 4.78 is 0. The quantitative estimate of drug-likeness (QED) is 0.146. The molecular formula is C58H42N2. The summed E-state index contributed by atoms with van der Waals surface area (Å²) in [6.45, 7) is 0. The van der Waals surface area contributed by atoms with E-state index in [2.05, 4.69) is 210 Å². The van der Waals surface area contributed by atoms with Crippen LogP contribution in [0.5, 0.6) is 0 Å². The molecule has 9 aromatic rings. The molecule has 7 aromatic carbocycles. The number of rotatable bonds is 9. The van der Waals surface area contributed by atoms with Gasteiger partial charge in [-0.25, -0.2) is 0 Å². The van der Waals surface area contributed by atoms with Crippen LogP contribution in [0, 0.1) is 0 Å². The number of hydrogen-bond donors (Lipinski definition) is 0. The van der Waals surface area contributed by atoms with E-state index in [1.807, 2.05) is 36.9 Å². The molecule has 0 bridgehead atoms. The molecule has 0 N–H and O–H groups in total. The van der Waals surface area contributed by atoms with E-state index in [9.17, 15) is 0 Å². The molecule has 0 radical (unpaired) electrons. The van der Waals surface area contributed by atoms with Gasteiger partial charge >= 0.3 is 0 Å². The summed E-state index contributed by atoms with van der Waals surface area (Å²) >= 11 is 0. The lowest BCUT2D eigenvalue weighted by molar-refractivity contribution is 0.868. The summed E-state index contributed by atoms with van der Waals surface area (Å²) in [5.41, 5.74) is 20.4. The summed E-state index contributed by atoms with van der Waals surface area (Å²) in [6, 6.07) is 70.5. The number of pyridine rings is 2. The standard InChI is InChI=1S/C58H42N2/c1-2-12-41(13-3-1)56-36-57(52-24-8-20-48(34-52)44-16-4-14-42(30-44)46-18-6-22-50(32-46)54-26-10-28-59-39-54)38-58(37-56)53-25-9-21-49(35-53)45-17-5-15-43(31-45)47-19-7-23-51(33-47)55-27-11-29-60-40-55/h1-30,32-40,43H,31H2. The Balaban J connectivity index is 0.969. The van der Waals surface area contributed by atoms with Gasteiger partial charge in [0, 0.05) is 36.3 Å². The van der Waals surface area contributed by atoms with Crippen molar-refractivity contribution in [2.45, 2.75) is 12.3 Å². The van der Waals surface area contributed by atoms with Gasteiger partial charge in [-0.3, -0.25) is 9.97 Å². The summed E-state index contributed by atoms with van der Waals surface area (Å²) in [5.74, 6) is 0.295. The van der Waals surface area contributed by atoms with Crippen molar-refractivity contribution in [3.05, 3.63) is 248 Å². The first-order valence-electron chi connectivity index (χ1n) is 20.6. The van der Waals surface area contributed by atoms with Crippen molar-refractivity contribution in [3.63, 3.8) is 0 Å². The fourth-order valence-electron chi connectivity index (χ4n) is 8.43. The Morgan fingerprint density at radius 3 is 1.22 bits per heavy atom. The highest BCUT2D eigenvalue weighted by Crippen LogP contribution is 2.39. The van der Waals surface area contributed by atoms with Crippen LogP contribution in [0.3, 0.4) is 0 Å². The SMILES string of the molecule is C1=CC(c2cccc(-c3cccnc3)c2)CC(c2cccc(-c3cc(-c4ccccc4)cc(-c4cccc(-c5cccc(-c6cccc(-c7cccnc7)c6)c5)c4)c3)c2)=C1. The number of allylic oxidation sites excluding steroid dienone is 4. The third kappa shape index (κ3) is 7.92. The van der Waals surface area contributed by atoms with Gasteiger partial charge in [-0.1, -0.05) is 158 Å². The Morgan fingerprint density at radius 2 is 0.700 bits per heavy atom. The number of aromatic nitrogens is 2. The maximum absolute atomic E-state index is 4.35. The van der Waals surface area contributed by atoms with Gasteiger partial charge in [-0.05, 0) is 150 Å². The van der Waals surface area contributed by atoms with Crippen LogP contribution in [0.2, 0.25) is 0 Å². The van der Waals surface area contributed by atoms with Crippen LogP contribution in [0.15, 0.2) is 237 Å².